The minimum Gasteiger partial charge on any atom is -0.492 e. The molecule has 1 heterocycles. The number of nitrogens with one attached hydrogen (secondary N) is 1. The normalized spacial score (nSPS) is 10.9. The number of hydrogen-bond acceptors (Lipinski definition) is 3. The highest BCUT2D eigenvalue weighted by Gasteiger charge is 2.16. The van der Waals surface area contributed by atoms with Crippen molar-refractivity contribution in [2.45, 2.75) is 6.92 Å². The summed E-state index contributed by atoms with van der Waals surface area (Å²) < 4.78 is 5.68. The fourth-order valence-corrected chi connectivity index (χ4v) is 3.99. The van der Waals surface area contributed by atoms with Gasteiger partial charge < -0.3 is 10.1 Å². The topological polar surface area (TPSA) is 51.2 Å². The van der Waals surface area contributed by atoms with E-state index in [1.165, 1.54) is 0 Å². The molecule has 32 heavy (non-hydrogen) atoms. The molecule has 0 aliphatic rings. The highest BCUT2D eigenvalue weighted by atomic mass is 16.5. The lowest BCUT2D eigenvalue weighted by Gasteiger charge is -2.14. The van der Waals surface area contributed by atoms with Crippen LogP contribution >= 0.6 is 0 Å². The molecule has 1 amide bonds. The maximum Gasteiger partial charge on any atom is 0.256 e. The lowest BCUT2D eigenvalue weighted by atomic mass is 9.99. The molecule has 0 atom stereocenters. The molecule has 0 saturated carbocycles. The fraction of sp³-hybridized carbons (Fsp3) is 0.0714. The summed E-state index contributed by atoms with van der Waals surface area (Å²) in [6.07, 6.45) is 0. The van der Waals surface area contributed by atoms with Crippen LogP contribution in [-0.4, -0.2) is 17.5 Å². The number of benzene rings is 4. The molecule has 0 unspecified atom stereocenters. The molecular weight excluding hydrogens is 396 g/mol. The average molecular weight is 418 g/mol. The number of aromatic nitrogens is 1. The molecule has 0 bridgehead atoms. The van der Waals surface area contributed by atoms with Crippen molar-refractivity contribution in [2.75, 3.05) is 11.9 Å². The van der Waals surface area contributed by atoms with Gasteiger partial charge in [0.1, 0.15) is 5.75 Å². The Labute approximate surface area is 186 Å². The summed E-state index contributed by atoms with van der Waals surface area (Å²) in [6, 6.07) is 31.4. The summed E-state index contributed by atoms with van der Waals surface area (Å²) in [5.74, 6) is 0.452. The molecule has 0 saturated heterocycles. The first kappa shape index (κ1) is 19.8. The van der Waals surface area contributed by atoms with Gasteiger partial charge in [-0.2, -0.15) is 0 Å². The maximum absolute atomic E-state index is 13.4. The lowest BCUT2D eigenvalue weighted by molar-refractivity contribution is 0.102. The van der Waals surface area contributed by atoms with Gasteiger partial charge in [-0.15, -0.1) is 0 Å². The first-order chi connectivity index (χ1) is 15.7. The number of hydrogen-bond donors (Lipinski definition) is 1. The summed E-state index contributed by atoms with van der Waals surface area (Å²) in [7, 11) is 0. The molecule has 0 spiro atoms. The predicted molar refractivity (Wildman–Crippen MR) is 130 cm³/mol. The van der Waals surface area contributed by atoms with E-state index in [2.05, 4.69) is 23.5 Å². The van der Waals surface area contributed by atoms with Crippen molar-refractivity contribution in [3.05, 3.63) is 103 Å². The van der Waals surface area contributed by atoms with Crippen LogP contribution < -0.4 is 10.1 Å². The second-order valence-electron chi connectivity index (χ2n) is 7.48. The maximum atomic E-state index is 13.4. The number of nitrogens with zero attached hydrogens (tertiary/aromatic N) is 1. The highest BCUT2D eigenvalue weighted by Crippen LogP contribution is 2.31. The van der Waals surface area contributed by atoms with Crippen molar-refractivity contribution in [2.24, 2.45) is 0 Å². The number of pyridine rings is 1. The fourth-order valence-electron chi connectivity index (χ4n) is 3.99. The van der Waals surface area contributed by atoms with Gasteiger partial charge in [0.25, 0.3) is 5.91 Å². The molecule has 0 fully saturated rings. The smallest absolute Gasteiger partial charge is 0.256 e. The third-order valence-electron chi connectivity index (χ3n) is 5.46. The molecular formula is C28H22N2O2. The van der Waals surface area contributed by atoms with Gasteiger partial charge >= 0.3 is 0 Å². The Morgan fingerprint density at radius 1 is 0.844 bits per heavy atom. The van der Waals surface area contributed by atoms with E-state index >= 15 is 0 Å². The summed E-state index contributed by atoms with van der Waals surface area (Å²) in [5.41, 5.74) is 3.76. The van der Waals surface area contributed by atoms with Crippen LogP contribution in [0.25, 0.3) is 32.9 Å². The first-order valence-corrected chi connectivity index (χ1v) is 10.7. The van der Waals surface area contributed by atoms with Crippen molar-refractivity contribution in [1.29, 1.82) is 0 Å². The van der Waals surface area contributed by atoms with Crippen LogP contribution in [0.1, 0.15) is 17.3 Å². The van der Waals surface area contributed by atoms with Crippen LogP contribution in [0.5, 0.6) is 5.75 Å². The summed E-state index contributed by atoms with van der Waals surface area (Å²) in [5, 5.41) is 6.07. The third-order valence-corrected chi connectivity index (χ3v) is 5.46. The van der Waals surface area contributed by atoms with Gasteiger partial charge in [-0.05, 0) is 42.0 Å². The van der Waals surface area contributed by atoms with Crippen molar-refractivity contribution in [1.82, 2.24) is 4.98 Å². The number of rotatable bonds is 5. The minimum atomic E-state index is -0.197. The zero-order chi connectivity index (χ0) is 21.9. The Hall–Kier alpha value is -4.18. The number of carbonyl (C=O) groups is 1. The van der Waals surface area contributed by atoms with E-state index in [-0.39, 0.29) is 5.91 Å². The SMILES string of the molecule is CCOc1ccccc1NC(=O)c1cc(-c2cccc3ccccc23)nc2ccccc12. The Bertz CT molecular complexity index is 1440. The van der Waals surface area contributed by atoms with E-state index in [0.717, 1.165) is 32.9 Å². The molecule has 156 valence electrons. The van der Waals surface area contributed by atoms with Gasteiger partial charge in [0.15, 0.2) is 0 Å². The molecule has 0 radical (unpaired) electrons. The quantitative estimate of drug-likeness (QED) is 0.345. The first-order valence-electron chi connectivity index (χ1n) is 10.7. The van der Waals surface area contributed by atoms with E-state index in [1.807, 2.05) is 85.8 Å². The monoisotopic (exact) mass is 418 g/mol. The van der Waals surface area contributed by atoms with Gasteiger partial charge in [0, 0.05) is 10.9 Å². The predicted octanol–water partition coefficient (Wildman–Crippen LogP) is 6.71. The average Bonchev–Trinajstić information content (AvgIpc) is 2.84. The highest BCUT2D eigenvalue weighted by molar-refractivity contribution is 6.14. The molecule has 5 aromatic rings. The van der Waals surface area contributed by atoms with E-state index in [4.69, 9.17) is 9.72 Å². The van der Waals surface area contributed by atoms with Gasteiger partial charge in [-0.25, -0.2) is 4.98 Å². The minimum absolute atomic E-state index is 0.197. The molecule has 1 N–H and O–H groups in total. The van der Waals surface area contributed by atoms with E-state index in [1.54, 1.807) is 0 Å². The molecule has 4 nitrogen and oxygen atoms in total. The van der Waals surface area contributed by atoms with Gasteiger partial charge in [0.05, 0.1) is 29.1 Å². The second-order valence-corrected chi connectivity index (χ2v) is 7.48. The van der Waals surface area contributed by atoms with E-state index < -0.39 is 0 Å². The Balaban J connectivity index is 1.64. The van der Waals surface area contributed by atoms with Crippen molar-refractivity contribution < 1.29 is 9.53 Å². The number of para-hydroxylation sites is 3. The molecule has 4 aromatic carbocycles. The van der Waals surface area contributed by atoms with Gasteiger partial charge in [0.2, 0.25) is 0 Å². The molecule has 0 aliphatic heterocycles. The summed E-state index contributed by atoms with van der Waals surface area (Å²) >= 11 is 0. The van der Waals surface area contributed by atoms with Gasteiger partial charge in [-0.3, -0.25) is 4.79 Å². The summed E-state index contributed by atoms with van der Waals surface area (Å²) in [6.45, 7) is 2.45. The van der Waals surface area contributed by atoms with Gasteiger partial charge in [-0.1, -0.05) is 72.8 Å². The molecule has 4 heteroatoms. The molecule has 5 rings (SSSR count). The van der Waals surface area contributed by atoms with Crippen molar-refractivity contribution in [3.8, 4) is 17.0 Å². The van der Waals surface area contributed by atoms with Crippen LogP contribution in [0, 0.1) is 0 Å². The number of anilines is 1. The second kappa shape index (κ2) is 8.52. The Morgan fingerprint density at radius 3 is 2.44 bits per heavy atom. The number of carbonyl (C=O) groups excluding carboxylic acids is 1. The van der Waals surface area contributed by atoms with Crippen molar-refractivity contribution in [3.63, 3.8) is 0 Å². The number of fused-ring (bicyclic) bond motifs is 2. The standard InChI is InChI=1S/C28H22N2O2/c1-2-32-27-17-8-7-16-25(27)30-28(31)23-18-26(29-24-15-6-5-13-22(23)24)21-14-9-11-19-10-3-4-12-20(19)21/h3-18H,2H2,1H3,(H,30,31). The number of ether oxygens (including phenoxy) is 1. The largest absolute Gasteiger partial charge is 0.492 e. The van der Waals surface area contributed by atoms with Crippen LogP contribution in [0.2, 0.25) is 0 Å². The van der Waals surface area contributed by atoms with Crippen LogP contribution in [0.15, 0.2) is 97.1 Å². The Kier molecular flexibility index (Phi) is 5.26. The lowest BCUT2D eigenvalue weighted by Crippen LogP contribution is -2.14. The number of amides is 1. The van der Waals surface area contributed by atoms with E-state index in [0.29, 0.717) is 23.6 Å². The molecule has 0 aliphatic carbocycles. The summed E-state index contributed by atoms with van der Waals surface area (Å²) in [4.78, 5) is 18.3. The van der Waals surface area contributed by atoms with Crippen LogP contribution in [-0.2, 0) is 0 Å². The van der Waals surface area contributed by atoms with Crippen molar-refractivity contribution >= 4 is 33.3 Å². The third kappa shape index (κ3) is 3.67. The molecule has 1 aromatic heterocycles. The zero-order valence-electron chi connectivity index (χ0n) is 17.7. The van der Waals surface area contributed by atoms with Crippen LogP contribution in [0.4, 0.5) is 5.69 Å². The van der Waals surface area contributed by atoms with Crippen LogP contribution in [0.3, 0.4) is 0 Å². The van der Waals surface area contributed by atoms with E-state index in [9.17, 15) is 4.79 Å². The zero-order valence-corrected chi connectivity index (χ0v) is 17.7. The Morgan fingerprint density at radius 2 is 1.56 bits per heavy atom.